The second-order valence-corrected chi connectivity index (χ2v) is 15.6. The second kappa shape index (κ2) is 8.83. The third-order valence-electron chi connectivity index (χ3n) is 5.35. The predicted octanol–water partition coefficient (Wildman–Crippen LogP) is 4.33. The number of benzene rings is 3. The fourth-order valence-electron chi connectivity index (χ4n) is 3.84. The monoisotopic (exact) mass is 438 g/mol. The van der Waals surface area contributed by atoms with E-state index in [2.05, 4.69) is 63.8 Å². The van der Waals surface area contributed by atoms with Crippen LogP contribution in [-0.4, -0.2) is 27.4 Å². The molecule has 0 unspecified atom stereocenters. The summed E-state index contributed by atoms with van der Waals surface area (Å²) < 4.78 is 11.6. The maximum Gasteiger partial charge on any atom is 0.127 e. The Hall–Kier alpha value is -2.29. The molecule has 5 heteroatoms. The molecule has 0 aliphatic carbocycles. The number of rotatable bonds is 6. The molecule has 0 aromatic heterocycles. The molecule has 0 aliphatic heterocycles. The first kappa shape index (κ1) is 22.4. The molecule has 158 valence electrons. The standard InChI is InChI=1S/C25H31O3PSi/c1-17-11-8-13-19(27-3)24(17)29(25-18(2)12-9-14-20(25)28-4)21-15-10-16-22(23(21)26)30(5,6)7/h8-16,26H,1-7H3. The van der Waals surface area contributed by atoms with E-state index in [1.165, 1.54) is 0 Å². The second-order valence-electron chi connectivity index (χ2n) is 8.51. The van der Waals surface area contributed by atoms with Crippen molar-refractivity contribution in [2.75, 3.05) is 14.2 Å². The SMILES string of the molecule is COc1cccc(C)c1P(c1cccc([Si](C)(C)C)c1O)c1c(C)cccc1OC. The highest BCUT2D eigenvalue weighted by atomic mass is 31.1. The minimum Gasteiger partial charge on any atom is -0.507 e. The molecule has 0 saturated carbocycles. The van der Waals surface area contributed by atoms with Crippen molar-refractivity contribution in [3.8, 4) is 17.2 Å². The van der Waals surface area contributed by atoms with Crippen LogP contribution in [0, 0.1) is 13.8 Å². The molecule has 30 heavy (non-hydrogen) atoms. The van der Waals surface area contributed by atoms with E-state index < -0.39 is 16.0 Å². The molecule has 0 fully saturated rings. The van der Waals surface area contributed by atoms with Crippen molar-refractivity contribution in [1.82, 2.24) is 0 Å². The van der Waals surface area contributed by atoms with Gasteiger partial charge in [-0.15, -0.1) is 0 Å². The molecule has 3 rings (SSSR count). The van der Waals surface area contributed by atoms with Gasteiger partial charge < -0.3 is 14.6 Å². The average Bonchev–Trinajstić information content (AvgIpc) is 2.70. The molecule has 3 aromatic rings. The lowest BCUT2D eigenvalue weighted by Gasteiger charge is -2.29. The third-order valence-corrected chi connectivity index (χ3v) is 10.3. The number of para-hydroxylation sites is 1. The van der Waals surface area contributed by atoms with Gasteiger partial charge in [0.05, 0.1) is 22.3 Å². The summed E-state index contributed by atoms with van der Waals surface area (Å²) in [5.74, 6) is 2.09. The predicted molar refractivity (Wildman–Crippen MR) is 132 cm³/mol. The van der Waals surface area contributed by atoms with Gasteiger partial charge in [-0.05, 0) is 50.2 Å². The number of hydrogen-bond donors (Lipinski definition) is 1. The van der Waals surface area contributed by atoms with E-state index in [-0.39, 0.29) is 0 Å². The van der Waals surface area contributed by atoms with Crippen LogP contribution in [0.25, 0.3) is 0 Å². The first-order valence-corrected chi connectivity index (χ1v) is 14.9. The summed E-state index contributed by atoms with van der Waals surface area (Å²) in [6, 6.07) is 18.5. The lowest BCUT2D eigenvalue weighted by molar-refractivity contribution is 0.417. The van der Waals surface area contributed by atoms with Crippen molar-refractivity contribution in [2.24, 2.45) is 0 Å². The maximum atomic E-state index is 11.5. The summed E-state index contributed by atoms with van der Waals surface area (Å²) in [6.07, 6.45) is 0. The first-order chi connectivity index (χ1) is 14.2. The summed E-state index contributed by atoms with van der Waals surface area (Å²) >= 11 is 0. The van der Waals surface area contributed by atoms with Crippen molar-refractivity contribution in [2.45, 2.75) is 33.5 Å². The van der Waals surface area contributed by atoms with Gasteiger partial charge in [0.15, 0.2) is 0 Å². The Morgan fingerprint density at radius 2 is 1.20 bits per heavy atom. The van der Waals surface area contributed by atoms with E-state index in [0.717, 1.165) is 43.7 Å². The van der Waals surface area contributed by atoms with E-state index >= 15 is 0 Å². The lowest BCUT2D eigenvalue weighted by Crippen LogP contribution is -2.40. The van der Waals surface area contributed by atoms with E-state index in [1.54, 1.807) is 14.2 Å². The summed E-state index contributed by atoms with van der Waals surface area (Å²) in [5, 5.41) is 15.8. The third kappa shape index (κ3) is 4.12. The quantitative estimate of drug-likeness (QED) is 0.460. The normalized spacial score (nSPS) is 11.6. The zero-order chi connectivity index (χ0) is 22.1. The number of phenolic OH excluding ortho intramolecular Hbond substituents is 1. The van der Waals surface area contributed by atoms with Gasteiger partial charge in [0.1, 0.15) is 17.2 Å². The van der Waals surface area contributed by atoms with Crippen molar-refractivity contribution in [1.29, 1.82) is 0 Å². The van der Waals surface area contributed by atoms with Gasteiger partial charge in [-0.25, -0.2) is 0 Å². The van der Waals surface area contributed by atoms with Crippen LogP contribution in [0.5, 0.6) is 17.2 Å². The Kier molecular flexibility index (Phi) is 6.59. The zero-order valence-corrected chi connectivity index (χ0v) is 20.8. The molecular weight excluding hydrogens is 407 g/mol. The van der Waals surface area contributed by atoms with Crippen LogP contribution in [0.4, 0.5) is 0 Å². The van der Waals surface area contributed by atoms with Crippen molar-refractivity contribution < 1.29 is 14.6 Å². The van der Waals surface area contributed by atoms with E-state index in [4.69, 9.17) is 9.47 Å². The molecule has 0 atom stereocenters. The average molecular weight is 439 g/mol. The number of ether oxygens (including phenoxy) is 2. The fourth-order valence-corrected chi connectivity index (χ4v) is 8.28. The Morgan fingerprint density at radius 3 is 1.63 bits per heavy atom. The highest BCUT2D eigenvalue weighted by Gasteiger charge is 2.31. The fraction of sp³-hybridized carbons (Fsp3) is 0.280. The number of hydrogen-bond acceptors (Lipinski definition) is 3. The van der Waals surface area contributed by atoms with Gasteiger partial charge in [-0.3, -0.25) is 0 Å². The van der Waals surface area contributed by atoms with Crippen LogP contribution in [0.15, 0.2) is 54.6 Å². The largest absolute Gasteiger partial charge is 0.507 e. The van der Waals surface area contributed by atoms with Crippen molar-refractivity contribution in [3.05, 3.63) is 65.7 Å². The first-order valence-electron chi connectivity index (χ1n) is 10.1. The van der Waals surface area contributed by atoms with E-state index in [1.807, 2.05) is 24.3 Å². The minimum absolute atomic E-state index is 0.415. The highest BCUT2D eigenvalue weighted by molar-refractivity contribution is 7.80. The summed E-state index contributed by atoms with van der Waals surface area (Å²) in [5.41, 5.74) is 2.28. The molecular formula is C25H31O3PSi. The lowest BCUT2D eigenvalue weighted by atomic mass is 10.2. The summed E-state index contributed by atoms with van der Waals surface area (Å²) in [6.45, 7) is 11.0. The van der Waals surface area contributed by atoms with Gasteiger partial charge in [0.25, 0.3) is 0 Å². The number of phenols is 1. The number of methoxy groups -OCH3 is 2. The van der Waals surface area contributed by atoms with Crippen LogP contribution in [0.1, 0.15) is 11.1 Å². The van der Waals surface area contributed by atoms with Crippen molar-refractivity contribution >= 4 is 37.1 Å². The molecule has 0 heterocycles. The number of aromatic hydroxyl groups is 1. The van der Waals surface area contributed by atoms with Gasteiger partial charge in [0, 0.05) is 15.9 Å². The molecule has 0 bridgehead atoms. The molecule has 0 spiro atoms. The van der Waals surface area contributed by atoms with Crippen LogP contribution >= 0.6 is 7.92 Å². The Bertz CT molecular complexity index is 1000. The summed E-state index contributed by atoms with van der Waals surface area (Å²) in [7, 11) is 0.582. The highest BCUT2D eigenvalue weighted by Crippen LogP contribution is 2.43. The van der Waals surface area contributed by atoms with E-state index in [9.17, 15) is 5.11 Å². The summed E-state index contributed by atoms with van der Waals surface area (Å²) in [4.78, 5) is 0. The smallest absolute Gasteiger partial charge is 0.127 e. The van der Waals surface area contributed by atoms with Crippen molar-refractivity contribution in [3.63, 3.8) is 0 Å². The van der Waals surface area contributed by atoms with E-state index in [0.29, 0.717) is 5.75 Å². The number of aryl methyl sites for hydroxylation is 2. The Morgan fingerprint density at radius 1 is 0.733 bits per heavy atom. The molecule has 0 saturated heterocycles. The van der Waals surface area contributed by atoms with Crippen LogP contribution in [0.2, 0.25) is 19.6 Å². The van der Waals surface area contributed by atoms with Crippen LogP contribution < -0.4 is 30.6 Å². The van der Waals surface area contributed by atoms with Gasteiger partial charge in [0.2, 0.25) is 0 Å². The van der Waals surface area contributed by atoms with Crippen LogP contribution in [0.3, 0.4) is 0 Å². The van der Waals surface area contributed by atoms with Gasteiger partial charge in [-0.2, -0.15) is 0 Å². The topological polar surface area (TPSA) is 38.7 Å². The molecule has 0 amide bonds. The molecule has 3 aromatic carbocycles. The molecule has 3 nitrogen and oxygen atoms in total. The van der Waals surface area contributed by atoms with Gasteiger partial charge >= 0.3 is 0 Å². The molecule has 0 radical (unpaired) electrons. The maximum absolute atomic E-state index is 11.5. The Balaban J connectivity index is 2.44. The van der Waals surface area contributed by atoms with Gasteiger partial charge in [-0.1, -0.05) is 62.1 Å². The Labute approximate surface area is 182 Å². The minimum atomic E-state index is -1.73. The zero-order valence-electron chi connectivity index (χ0n) is 18.9. The molecule has 0 aliphatic rings. The van der Waals surface area contributed by atoms with Crippen LogP contribution in [-0.2, 0) is 0 Å². The molecule has 1 N–H and O–H groups in total.